The Balaban J connectivity index is 2.79. The molecule has 0 amide bonds. The van der Waals surface area contributed by atoms with E-state index in [1.807, 2.05) is 6.08 Å². The summed E-state index contributed by atoms with van der Waals surface area (Å²) in [7, 11) is 0. The van der Waals surface area contributed by atoms with Crippen molar-refractivity contribution in [2.75, 3.05) is 0 Å². The van der Waals surface area contributed by atoms with E-state index >= 15 is 0 Å². The highest BCUT2D eigenvalue weighted by atomic mass is 16.3. The maximum absolute atomic E-state index is 9.37. The van der Waals surface area contributed by atoms with E-state index in [0.717, 1.165) is 18.4 Å². The van der Waals surface area contributed by atoms with Crippen molar-refractivity contribution in [3.63, 3.8) is 0 Å². The molecule has 0 aromatic carbocycles. The summed E-state index contributed by atoms with van der Waals surface area (Å²) in [6.07, 6.45) is 5.96. The maximum atomic E-state index is 9.37. The number of allylic oxidation sites excluding steroid dienone is 4. The molecular weight excluding hydrogens is 124 g/mol. The first kappa shape index (κ1) is 7.39. The largest absolute Gasteiger partial charge is 0.512 e. The molecule has 0 unspecified atom stereocenters. The Labute approximate surface area is 62.1 Å². The second-order valence-electron chi connectivity index (χ2n) is 3.00. The van der Waals surface area contributed by atoms with Crippen LogP contribution in [0, 0.1) is 5.92 Å². The van der Waals surface area contributed by atoms with E-state index in [1.54, 1.807) is 0 Å². The highest BCUT2D eigenvalue weighted by molar-refractivity contribution is 5.26. The predicted octanol–water partition coefficient (Wildman–Crippen LogP) is 2.80. The molecule has 0 heterocycles. The summed E-state index contributed by atoms with van der Waals surface area (Å²) in [5.74, 6) is 1.04. The fourth-order valence-corrected chi connectivity index (χ4v) is 1.20. The third kappa shape index (κ3) is 1.41. The molecule has 1 heteroatoms. The van der Waals surface area contributed by atoms with Gasteiger partial charge in [-0.05, 0) is 17.9 Å². The summed E-state index contributed by atoms with van der Waals surface area (Å²) < 4.78 is 0. The first-order chi connectivity index (χ1) is 4.72. The van der Waals surface area contributed by atoms with E-state index in [-0.39, 0.29) is 0 Å². The Bertz CT molecular complexity index is 175. The van der Waals surface area contributed by atoms with Crippen LogP contribution in [0.2, 0.25) is 0 Å². The van der Waals surface area contributed by atoms with Crippen LogP contribution in [0.5, 0.6) is 0 Å². The minimum atomic E-state index is 0.455. The van der Waals surface area contributed by atoms with E-state index in [0.29, 0.717) is 11.7 Å². The molecule has 1 nitrogen and oxygen atoms in total. The average Bonchev–Trinajstić information content (AvgIpc) is 1.88. The molecule has 0 saturated carbocycles. The molecule has 1 aliphatic carbocycles. The zero-order chi connectivity index (χ0) is 7.56. The molecule has 1 rings (SSSR count). The lowest BCUT2D eigenvalue weighted by atomic mass is 9.96. The van der Waals surface area contributed by atoms with Gasteiger partial charge in [0.05, 0.1) is 5.76 Å². The quantitative estimate of drug-likeness (QED) is 0.590. The van der Waals surface area contributed by atoms with Gasteiger partial charge in [-0.2, -0.15) is 0 Å². The topological polar surface area (TPSA) is 20.2 Å². The van der Waals surface area contributed by atoms with Crippen molar-refractivity contribution in [2.24, 2.45) is 5.92 Å². The van der Waals surface area contributed by atoms with Gasteiger partial charge >= 0.3 is 0 Å². The van der Waals surface area contributed by atoms with Gasteiger partial charge in [0, 0.05) is 6.42 Å². The third-order valence-corrected chi connectivity index (χ3v) is 1.80. The minimum absolute atomic E-state index is 0.455. The standard InChI is InChI=1S/C9H14O/c1-7(2)8-5-3-4-6-9(8)10/h3,5,7,10H,4,6H2,1-2H3. The minimum Gasteiger partial charge on any atom is -0.512 e. The van der Waals surface area contributed by atoms with Crippen molar-refractivity contribution in [1.29, 1.82) is 0 Å². The summed E-state index contributed by atoms with van der Waals surface area (Å²) in [4.78, 5) is 0. The lowest BCUT2D eigenvalue weighted by Crippen LogP contribution is -2.00. The van der Waals surface area contributed by atoms with Gasteiger partial charge in [0.25, 0.3) is 0 Å². The Hall–Kier alpha value is -0.720. The molecule has 0 bridgehead atoms. The fraction of sp³-hybridized carbons (Fsp3) is 0.556. The normalized spacial score (nSPS) is 18.7. The van der Waals surface area contributed by atoms with Crippen LogP contribution in [0.25, 0.3) is 0 Å². The lowest BCUT2D eigenvalue weighted by molar-refractivity contribution is 0.374. The van der Waals surface area contributed by atoms with Gasteiger partial charge in [-0.3, -0.25) is 0 Å². The zero-order valence-corrected chi connectivity index (χ0v) is 6.59. The third-order valence-electron chi connectivity index (χ3n) is 1.80. The van der Waals surface area contributed by atoms with E-state index in [4.69, 9.17) is 0 Å². The molecule has 0 radical (unpaired) electrons. The van der Waals surface area contributed by atoms with Gasteiger partial charge in [-0.15, -0.1) is 0 Å². The molecular formula is C9H14O. The van der Waals surface area contributed by atoms with Crippen molar-refractivity contribution in [3.05, 3.63) is 23.5 Å². The summed E-state index contributed by atoms with van der Waals surface area (Å²) in [5.41, 5.74) is 1.10. The van der Waals surface area contributed by atoms with Gasteiger partial charge in [-0.1, -0.05) is 26.0 Å². The first-order valence-electron chi connectivity index (χ1n) is 3.80. The van der Waals surface area contributed by atoms with E-state index in [2.05, 4.69) is 19.9 Å². The number of hydrogen-bond acceptors (Lipinski definition) is 1. The Morgan fingerprint density at radius 3 is 2.60 bits per heavy atom. The van der Waals surface area contributed by atoms with Crippen LogP contribution >= 0.6 is 0 Å². The van der Waals surface area contributed by atoms with E-state index in [1.165, 1.54) is 0 Å². The van der Waals surface area contributed by atoms with E-state index < -0.39 is 0 Å². The van der Waals surface area contributed by atoms with Crippen molar-refractivity contribution in [3.8, 4) is 0 Å². The Morgan fingerprint density at radius 1 is 1.50 bits per heavy atom. The summed E-state index contributed by atoms with van der Waals surface area (Å²) >= 11 is 0. The summed E-state index contributed by atoms with van der Waals surface area (Å²) in [6.45, 7) is 4.20. The van der Waals surface area contributed by atoms with Gasteiger partial charge < -0.3 is 5.11 Å². The molecule has 1 N–H and O–H groups in total. The number of aliphatic hydroxyl groups is 1. The monoisotopic (exact) mass is 138 g/mol. The Morgan fingerprint density at radius 2 is 2.20 bits per heavy atom. The molecule has 0 fully saturated rings. The van der Waals surface area contributed by atoms with Crippen molar-refractivity contribution < 1.29 is 5.11 Å². The molecule has 0 aromatic rings. The van der Waals surface area contributed by atoms with Crippen LogP contribution in [-0.2, 0) is 0 Å². The summed E-state index contributed by atoms with van der Waals surface area (Å²) in [5, 5.41) is 9.37. The average molecular weight is 138 g/mol. The van der Waals surface area contributed by atoms with Crippen LogP contribution in [-0.4, -0.2) is 5.11 Å². The highest BCUT2D eigenvalue weighted by Gasteiger charge is 2.08. The maximum Gasteiger partial charge on any atom is 0.0960 e. The number of rotatable bonds is 1. The molecule has 0 atom stereocenters. The van der Waals surface area contributed by atoms with Gasteiger partial charge in [0.1, 0.15) is 0 Å². The SMILES string of the molecule is CC(C)C1=C(O)CCC=C1. The van der Waals surface area contributed by atoms with Crippen molar-refractivity contribution in [1.82, 2.24) is 0 Å². The molecule has 0 saturated heterocycles. The van der Waals surface area contributed by atoms with Crippen LogP contribution in [0.15, 0.2) is 23.5 Å². The zero-order valence-electron chi connectivity index (χ0n) is 6.59. The molecule has 0 spiro atoms. The molecule has 56 valence electrons. The molecule has 0 aromatic heterocycles. The molecule has 1 aliphatic rings. The van der Waals surface area contributed by atoms with Crippen LogP contribution in [0.1, 0.15) is 26.7 Å². The molecule has 0 aliphatic heterocycles. The first-order valence-corrected chi connectivity index (χ1v) is 3.80. The highest BCUT2D eigenvalue weighted by Crippen LogP contribution is 2.22. The van der Waals surface area contributed by atoms with Gasteiger partial charge in [-0.25, -0.2) is 0 Å². The molecule has 10 heavy (non-hydrogen) atoms. The van der Waals surface area contributed by atoms with Crippen LogP contribution in [0.3, 0.4) is 0 Å². The van der Waals surface area contributed by atoms with Crippen molar-refractivity contribution in [2.45, 2.75) is 26.7 Å². The summed E-state index contributed by atoms with van der Waals surface area (Å²) in [6, 6.07) is 0. The Kier molecular flexibility index (Phi) is 2.15. The van der Waals surface area contributed by atoms with Gasteiger partial charge in [0.2, 0.25) is 0 Å². The fourth-order valence-electron chi connectivity index (χ4n) is 1.20. The smallest absolute Gasteiger partial charge is 0.0960 e. The number of aliphatic hydroxyl groups excluding tert-OH is 1. The van der Waals surface area contributed by atoms with Crippen LogP contribution < -0.4 is 0 Å². The number of hydrogen-bond donors (Lipinski definition) is 1. The van der Waals surface area contributed by atoms with E-state index in [9.17, 15) is 5.11 Å². The van der Waals surface area contributed by atoms with Crippen molar-refractivity contribution >= 4 is 0 Å². The predicted molar refractivity (Wildman–Crippen MR) is 42.9 cm³/mol. The van der Waals surface area contributed by atoms with Crippen LogP contribution in [0.4, 0.5) is 0 Å². The second kappa shape index (κ2) is 2.91. The second-order valence-corrected chi connectivity index (χ2v) is 3.00. The van der Waals surface area contributed by atoms with Gasteiger partial charge in [0.15, 0.2) is 0 Å². The lowest BCUT2D eigenvalue weighted by Gasteiger charge is -2.13.